The highest BCUT2D eigenvalue weighted by Crippen LogP contribution is 2.17. The Balaban J connectivity index is 1.71. The molecule has 0 bridgehead atoms. The van der Waals surface area contributed by atoms with Gasteiger partial charge in [0.05, 0.1) is 10.4 Å². The van der Waals surface area contributed by atoms with Gasteiger partial charge in [0.25, 0.3) is 10.0 Å². The van der Waals surface area contributed by atoms with E-state index in [2.05, 4.69) is 14.8 Å². The van der Waals surface area contributed by atoms with Crippen molar-refractivity contribution < 1.29 is 13.2 Å². The van der Waals surface area contributed by atoms with Crippen LogP contribution in [0.5, 0.6) is 0 Å². The molecule has 1 N–H and O–H groups in total. The van der Waals surface area contributed by atoms with E-state index in [1.807, 2.05) is 6.92 Å². The van der Waals surface area contributed by atoms with E-state index < -0.39 is 10.0 Å². The molecule has 1 aliphatic rings. The van der Waals surface area contributed by atoms with E-state index in [1.54, 1.807) is 28.2 Å². The van der Waals surface area contributed by atoms with Gasteiger partial charge in [0.2, 0.25) is 5.91 Å². The lowest BCUT2D eigenvalue weighted by atomic mass is 10.2. The molecule has 9 heteroatoms. The standard InChI is InChI=1S/C15H19N5O3S/c1-2-15(21)19-5-7-20(8-6-19)18-24(22,23)13-3-4-14-12(9-13)10-16-11-17-14/h3-4,9-11,18H,2,5-8H2,1H3. The number of sulfonamides is 1. The highest BCUT2D eigenvalue weighted by molar-refractivity contribution is 7.89. The van der Waals surface area contributed by atoms with Crippen molar-refractivity contribution in [3.63, 3.8) is 0 Å². The smallest absolute Gasteiger partial charge is 0.253 e. The molecule has 1 aliphatic heterocycles. The lowest BCUT2D eigenvalue weighted by Gasteiger charge is -2.34. The molecule has 1 fully saturated rings. The topological polar surface area (TPSA) is 95.5 Å². The van der Waals surface area contributed by atoms with Crippen LogP contribution in [-0.4, -0.2) is 60.4 Å². The third-order valence-electron chi connectivity index (χ3n) is 3.97. The van der Waals surface area contributed by atoms with Crippen molar-refractivity contribution in [2.75, 3.05) is 26.2 Å². The number of benzene rings is 1. The molecule has 3 rings (SSSR count). The zero-order chi connectivity index (χ0) is 17.2. The number of nitrogens with zero attached hydrogens (tertiary/aromatic N) is 4. The van der Waals surface area contributed by atoms with Crippen molar-refractivity contribution in [1.82, 2.24) is 24.7 Å². The molecule has 0 radical (unpaired) electrons. The van der Waals surface area contributed by atoms with Crippen LogP contribution in [0, 0.1) is 0 Å². The molecule has 0 spiro atoms. The van der Waals surface area contributed by atoms with Crippen molar-refractivity contribution >= 4 is 26.8 Å². The molecule has 128 valence electrons. The van der Waals surface area contributed by atoms with Crippen molar-refractivity contribution in [3.8, 4) is 0 Å². The first-order valence-electron chi connectivity index (χ1n) is 7.74. The number of aromatic nitrogens is 2. The Hall–Kier alpha value is -2.10. The van der Waals surface area contributed by atoms with E-state index >= 15 is 0 Å². The predicted molar refractivity (Wildman–Crippen MR) is 88.3 cm³/mol. The second kappa shape index (κ2) is 6.80. The van der Waals surface area contributed by atoms with Gasteiger partial charge in [-0.2, -0.15) is 0 Å². The molecule has 1 saturated heterocycles. The number of nitrogens with one attached hydrogen (secondary N) is 1. The Bertz CT molecular complexity index is 847. The number of hydrogen-bond donors (Lipinski definition) is 1. The summed E-state index contributed by atoms with van der Waals surface area (Å²) in [4.78, 5) is 24.1. The minimum Gasteiger partial charge on any atom is -0.340 e. The second-order valence-corrected chi connectivity index (χ2v) is 7.22. The van der Waals surface area contributed by atoms with Gasteiger partial charge in [0.1, 0.15) is 6.33 Å². The van der Waals surface area contributed by atoms with Crippen LogP contribution in [0.3, 0.4) is 0 Å². The second-order valence-electron chi connectivity index (χ2n) is 5.56. The first-order chi connectivity index (χ1) is 11.5. The number of carbonyl (C=O) groups is 1. The van der Waals surface area contributed by atoms with Gasteiger partial charge in [-0.1, -0.05) is 6.92 Å². The summed E-state index contributed by atoms with van der Waals surface area (Å²) >= 11 is 0. The van der Waals surface area contributed by atoms with Crippen molar-refractivity contribution in [2.24, 2.45) is 0 Å². The maximum atomic E-state index is 12.5. The molecule has 24 heavy (non-hydrogen) atoms. The summed E-state index contributed by atoms with van der Waals surface area (Å²) in [6, 6.07) is 4.73. The van der Waals surface area contributed by atoms with Crippen LogP contribution in [0.1, 0.15) is 13.3 Å². The van der Waals surface area contributed by atoms with Crippen LogP contribution < -0.4 is 4.83 Å². The molecule has 1 amide bonds. The summed E-state index contributed by atoms with van der Waals surface area (Å²) < 4.78 is 25.1. The van der Waals surface area contributed by atoms with Crippen LogP contribution in [-0.2, 0) is 14.8 Å². The summed E-state index contributed by atoms with van der Waals surface area (Å²) in [5.41, 5.74) is 0.690. The van der Waals surface area contributed by atoms with Gasteiger partial charge in [0.15, 0.2) is 0 Å². The Kier molecular flexibility index (Phi) is 4.74. The van der Waals surface area contributed by atoms with Gasteiger partial charge in [0, 0.05) is 44.2 Å². The molecule has 0 unspecified atom stereocenters. The number of hydrogen-bond acceptors (Lipinski definition) is 6. The first kappa shape index (κ1) is 16.7. The largest absolute Gasteiger partial charge is 0.340 e. The van der Waals surface area contributed by atoms with Crippen LogP contribution in [0.2, 0.25) is 0 Å². The molecular formula is C15H19N5O3S. The molecular weight excluding hydrogens is 330 g/mol. The summed E-state index contributed by atoms with van der Waals surface area (Å²) in [7, 11) is -3.68. The van der Waals surface area contributed by atoms with Crippen LogP contribution in [0.15, 0.2) is 35.6 Å². The number of hydrazine groups is 1. The number of fused-ring (bicyclic) bond motifs is 1. The van der Waals surface area contributed by atoms with E-state index in [1.165, 1.54) is 12.4 Å². The Labute approximate surface area is 140 Å². The SMILES string of the molecule is CCC(=O)N1CCN(NS(=O)(=O)c2ccc3ncncc3c2)CC1. The zero-order valence-corrected chi connectivity index (χ0v) is 14.2. The number of carbonyl (C=O) groups excluding carboxylic acids is 1. The van der Waals surface area contributed by atoms with Gasteiger partial charge in [-0.05, 0) is 18.2 Å². The molecule has 1 aromatic heterocycles. The third kappa shape index (κ3) is 3.53. The summed E-state index contributed by atoms with van der Waals surface area (Å²) in [6.45, 7) is 3.77. The number of amides is 1. The normalized spacial score (nSPS) is 16.5. The Morgan fingerprint density at radius 1 is 1.25 bits per heavy atom. The van der Waals surface area contributed by atoms with Crippen LogP contribution in [0.4, 0.5) is 0 Å². The minimum atomic E-state index is -3.68. The van der Waals surface area contributed by atoms with Crippen LogP contribution in [0.25, 0.3) is 10.9 Å². The van der Waals surface area contributed by atoms with Gasteiger partial charge < -0.3 is 4.90 Å². The van der Waals surface area contributed by atoms with Gasteiger partial charge >= 0.3 is 0 Å². The number of rotatable bonds is 4. The van der Waals surface area contributed by atoms with Crippen molar-refractivity contribution in [2.45, 2.75) is 18.2 Å². The minimum absolute atomic E-state index is 0.0898. The van der Waals surface area contributed by atoms with E-state index in [-0.39, 0.29) is 10.8 Å². The molecule has 0 aliphatic carbocycles. The Morgan fingerprint density at radius 2 is 2.00 bits per heavy atom. The molecule has 2 heterocycles. The first-order valence-corrected chi connectivity index (χ1v) is 9.23. The Morgan fingerprint density at radius 3 is 2.71 bits per heavy atom. The zero-order valence-electron chi connectivity index (χ0n) is 13.3. The fourth-order valence-electron chi connectivity index (χ4n) is 2.62. The maximum Gasteiger partial charge on any atom is 0.253 e. The van der Waals surface area contributed by atoms with Gasteiger partial charge in [-0.3, -0.25) is 4.79 Å². The molecule has 2 aromatic rings. The van der Waals surface area contributed by atoms with Gasteiger partial charge in [-0.15, -0.1) is 4.83 Å². The molecule has 0 saturated carbocycles. The maximum absolute atomic E-state index is 12.5. The van der Waals surface area contributed by atoms with E-state index in [0.717, 1.165) is 0 Å². The molecule has 1 aromatic carbocycles. The average molecular weight is 349 g/mol. The predicted octanol–water partition coefficient (Wildman–Crippen LogP) is 0.377. The monoisotopic (exact) mass is 349 g/mol. The summed E-state index contributed by atoms with van der Waals surface area (Å²) in [5, 5.41) is 2.29. The average Bonchev–Trinajstić information content (AvgIpc) is 2.61. The van der Waals surface area contributed by atoms with Crippen molar-refractivity contribution in [1.29, 1.82) is 0 Å². The molecule has 0 atom stereocenters. The third-order valence-corrected chi connectivity index (χ3v) is 5.34. The van der Waals surface area contributed by atoms with E-state index in [4.69, 9.17) is 0 Å². The van der Waals surface area contributed by atoms with E-state index in [0.29, 0.717) is 43.5 Å². The number of piperazine rings is 1. The summed E-state index contributed by atoms with van der Waals surface area (Å²) in [6.07, 6.45) is 3.47. The highest BCUT2D eigenvalue weighted by atomic mass is 32.2. The quantitative estimate of drug-likeness (QED) is 0.857. The molecule has 8 nitrogen and oxygen atoms in total. The lowest BCUT2D eigenvalue weighted by molar-refractivity contribution is -0.132. The van der Waals surface area contributed by atoms with Crippen molar-refractivity contribution in [3.05, 3.63) is 30.7 Å². The fraction of sp³-hybridized carbons (Fsp3) is 0.400. The van der Waals surface area contributed by atoms with Gasteiger partial charge in [-0.25, -0.2) is 23.4 Å². The highest BCUT2D eigenvalue weighted by Gasteiger charge is 2.24. The van der Waals surface area contributed by atoms with E-state index in [9.17, 15) is 13.2 Å². The lowest BCUT2D eigenvalue weighted by Crippen LogP contribution is -2.54. The fourth-order valence-corrected chi connectivity index (χ4v) is 3.78. The van der Waals surface area contributed by atoms with Crippen LogP contribution >= 0.6 is 0 Å². The summed E-state index contributed by atoms with van der Waals surface area (Å²) in [5.74, 6) is 0.0898.